The smallest absolute Gasteiger partial charge is 0.283 e. The van der Waals surface area contributed by atoms with Crippen molar-refractivity contribution in [1.82, 2.24) is 5.32 Å². The average Bonchev–Trinajstić information content (AvgIpc) is 2.44. The molecule has 0 amide bonds. The summed E-state index contributed by atoms with van der Waals surface area (Å²) in [5, 5.41) is 14.3. The van der Waals surface area contributed by atoms with Crippen molar-refractivity contribution in [3.63, 3.8) is 0 Å². The Balaban J connectivity index is 2.49. The minimum absolute atomic E-state index is 0.127. The summed E-state index contributed by atoms with van der Waals surface area (Å²) in [5.41, 5.74) is 1.08. The minimum atomic E-state index is -0.357. The van der Waals surface area contributed by atoms with Gasteiger partial charge in [-0.25, -0.2) is 0 Å². The second-order valence-corrected chi connectivity index (χ2v) is 5.94. The first kappa shape index (κ1) is 17.1. The summed E-state index contributed by atoms with van der Waals surface area (Å²) in [6.45, 7) is 6.07. The third-order valence-corrected chi connectivity index (χ3v) is 4.18. The predicted molar refractivity (Wildman–Crippen MR) is 85.8 cm³/mol. The molecule has 0 aromatic heterocycles. The van der Waals surface area contributed by atoms with E-state index in [-0.39, 0.29) is 10.6 Å². The second kappa shape index (κ2) is 9.08. The van der Waals surface area contributed by atoms with Crippen molar-refractivity contribution in [2.24, 2.45) is 5.92 Å². The molecular formula is C15H23BrN2O2. The molecule has 0 aliphatic carbocycles. The minimum Gasteiger partial charge on any atom is -0.312 e. The molecule has 112 valence electrons. The summed E-state index contributed by atoms with van der Waals surface area (Å²) in [4.78, 5) is 10.5. The number of rotatable bonds is 9. The van der Waals surface area contributed by atoms with E-state index in [1.54, 1.807) is 12.1 Å². The molecule has 0 fully saturated rings. The van der Waals surface area contributed by atoms with Gasteiger partial charge >= 0.3 is 0 Å². The van der Waals surface area contributed by atoms with E-state index in [9.17, 15) is 10.1 Å². The predicted octanol–water partition coefficient (Wildman–Crippen LogP) is 4.66. The quantitative estimate of drug-likeness (QED) is 0.524. The molecule has 4 nitrogen and oxygen atoms in total. The Kier molecular flexibility index (Phi) is 7.77. The van der Waals surface area contributed by atoms with Crippen LogP contribution in [0, 0.1) is 16.0 Å². The van der Waals surface area contributed by atoms with Gasteiger partial charge < -0.3 is 5.32 Å². The molecule has 0 saturated heterocycles. The van der Waals surface area contributed by atoms with Crippen molar-refractivity contribution in [3.05, 3.63) is 38.3 Å². The highest BCUT2D eigenvalue weighted by Gasteiger charge is 2.12. The molecule has 1 rings (SSSR count). The van der Waals surface area contributed by atoms with Crippen LogP contribution in [0.2, 0.25) is 0 Å². The summed E-state index contributed by atoms with van der Waals surface area (Å²) in [5.74, 6) is 0.695. The maximum absolute atomic E-state index is 10.9. The number of benzene rings is 1. The first-order valence-electron chi connectivity index (χ1n) is 7.22. The average molecular weight is 343 g/mol. The van der Waals surface area contributed by atoms with E-state index in [4.69, 9.17) is 0 Å². The fourth-order valence-electron chi connectivity index (χ4n) is 2.17. The Morgan fingerprint density at radius 2 is 2.15 bits per heavy atom. The maximum Gasteiger partial charge on any atom is 0.283 e. The Bertz CT molecular complexity index is 438. The van der Waals surface area contributed by atoms with Gasteiger partial charge in [-0.3, -0.25) is 10.1 Å². The van der Waals surface area contributed by atoms with Gasteiger partial charge in [0.2, 0.25) is 0 Å². The van der Waals surface area contributed by atoms with Gasteiger partial charge in [0.05, 0.1) is 9.40 Å². The summed E-state index contributed by atoms with van der Waals surface area (Å²) in [7, 11) is 0. The molecule has 0 radical (unpaired) electrons. The molecule has 0 bridgehead atoms. The van der Waals surface area contributed by atoms with E-state index < -0.39 is 0 Å². The van der Waals surface area contributed by atoms with Gasteiger partial charge in [-0.15, -0.1) is 0 Å². The van der Waals surface area contributed by atoms with Crippen LogP contribution in [-0.4, -0.2) is 11.5 Å². The van der Waals surface area contributed by atoms with Gasteiger partial charge in [-0.2, -0.15) is 0 Å². The molecule has 1 atom stereocenters. The van der Waals surface area contributed by atoms with E-state index in [1.807, 2.05) is 6.07 Å². The lowest BCUT2D eigenvalue weighted by molar-refractivity contribution is -0.385. The molecule has 1 N–H and O–H groups in total. The van der Waals surface area contributed by atoms with E-state index in [2.05, 4.69) is 35.1 Å². The van der Waals surface area contributed by atoms with Crippen LogP contribution in [0.5, 0.6) is 0 Å². The number of nitrogens with zero attached hydrogens (tertiary/aromatic N) is 1. The zero-order chi connectivity index (χ0) is 15.0. The van der Waals surface area contributed by atoms with Crippen LogP contribution in [-0.2, 0) is 6.54 Å². The number of unbranched alkanes of at least 4 members (excludes halogenated alkanes) is 1. The van der Waals surface area contributed by atoms with Crippen LogP contribution in [0.1, 0.15) is 45.1 Å². The summed E-state index contributed by atoms with van der Waals surface area (Å²) >= 11 is 3.20. The molecule has 1 aromatic carbocycles. The Morgan fingerprint density at radius 3 is 2.75 bits per heavy atom. The number of halogens is 1. The van der Waals surface area contributed by atoms with Crippen molar-refractivity contribution in [2.75, 3.05) is 6.54 Å². The van der Waals surface area contributed by atoms with E-state index in [0.717, 1.165) is 12.1 Å². The van der Waals surface area contributed by atoms with Crippen LogP contribution in [0.15, 0.2) is 22.7 Å². The third kappa shape index (κ3) is 5.59. The fraction of sp³-hybridized carbons (Fsp3) is 0.600. The molecule has 20 heavy (non-hydrogen) atoms. The number of nitro groups is 1. The van der Waals surface area contributed by atoms with Gasteiger partial charge in [0, 0.05) is 12.6 Å². The van der Waals surface area contributed by atoms with Crippen molar-refractivity contribution < 1.29 is 4.92 Å². The number of hydrogen-bond acceptors (Lipinski definition) is 3. The lowest BCUT2D eigenvalue weighted by atomic mass is 9.99. The van der Waals surface area contributed by atoms with E-state index >= 15 is 0 Å². The first-order chi connectivity index (χ1) is 9.58. The lowest BCUT2D eigenvalue weighted by Gasteiger charge is -2.15. The van der Waals surface area contributed by atoms with Gasteiger partial charge in [0.25, 0.3) is 5.69 Å². The van der Waals surface area contributed by atoms with Crippen LogP contribution in [0.25, 0.3) is 0 Å². The maximum atomic E-state index is 10.9. The van der Waals surface area contributed by atoms with E-state index in [1.165, 1.54) is 25.7 Å². The fourth-order valence-corrected chi connectivity index (χ4v) is 2.56. The zero-order valence-corrected chi connectivity index (χ0v) is 13.8. The highest BCUT2D eigenvalue weighted by Crippen LogP contribution is 2.25. The molecule has 1 unspecified atom stereocenters. The van der Waals surface area contributed by atoms with Crippen molar-refractivity contribution >= 4 is 21.6 Å². The topological polar surface area (TPSA) is 55.2 Å². The molecule has 5 heteroatoms. The standard InChI is InChI=1S/C15H23BrN2O2/c1-3-5-6-12(4-2)10-17-11-13-7-8-14(16)15(9-13)18(19)20/h7-9,12,17H,3-6,10-11H2,1-2H3. The number of nitro benzene ring substituents is 1. The Hall–Kier alpha value is -0.940. The lowest BCUT2D eigenvalue weighted by Crippen LogP contribution is -2.22. The van der Waals surface area contributed by atoms with Crippen LogP contribution >= 0.6 is 15.9 Å². The van der Waals surface area contributed by atoms with E-state index in [0.29, 0.717) is 16.9 Å². The summed E-state index contributed by atoms with van der Waals surface area (Å²) < 4.78 is 0.528. The van der Waals surface area contributed by atoms with Crippen molar-refractivity contribution in [1.29, 1.82) is 0 Å². The molecule has 0 saturated carbocycles. The molecular weight excluding hydrogens is 320 g/mol. The molecule has 0 spiro atoms. The largest absolute Gasteiger partial charge is 0.312 e. The Labute approximate surface area is 129 Å². The van der Waals surface area contributed by atoms with Gasteiger partial charge in [0.1, 0.15) is 0 Å². The van der Waals surface area contributed by atoms with Crippen LogP contribution in [0.3, 0.4) is 0 Å². The Morgan fingerprint density at radius 1 is 1.40 bits per heavy atom. The molecule has 0 heterocycles. The molecule has 0 aliphatic rings. The second-order valence-electron chi connectivity index (χ2n) is 5.09. The van der Waals surface area contributed by atoms with Crippen LogP contribution in [0.4, 0.5) is 5.69 Å². The van der Waals surface area contributed by atoms with Gasteiger partial charge in [-0.1, -0.05) is 39.2 Å². The third-order valence-electron chi connectivity index (χ3n) is 3.51. The number of nitrogens with one attached hydrogen (secondary N) is 1. The van der Waals surface area contributed by atoms with Gasteiger partial charge in [-0.05, 0) is 46.4 Å². The summed E-state index contributed by atoms with van der Waals surface area (Å²) in [6, 6.07) is 5.28. The SMILES string of the molecule is CCCCC(CC)CNCc1ccc(Br)c([N+](=O)[O-])c1. The zero-order valence-electron chi connectivity index (χ0n) is 12.2. The van der Waals surface area contributed by atoms with Crippen LogP contribution < -0.4 is 5.32 Å². The monoisotopic (exact) mass is 342 g/mol. The summed E-state index contributed by atoms with van der Waals surface area (Å²) in [6.07, 6.45) is 4.92. The number of hydrogen-bond donors (Lipinski definition) is 1. The normalized spacial score (nSPS) is 12.3. The van der Waals surface area contributed by atoms with Crippen molar-refractivity contribution in [3.8, 4) is 0 Å². The van der Waals surface area contributed by atoms with Crippen molar-refractivity contribution in [2.45, 2.75) is 46.1 Å². The highest BCUT2D eigenvalue weighted by atomic mass is 79.9. The molecule has 0 aliphatic heterocycles. The molecule has 1 aromatic rings. The first-order valence-corrected chi connectivity index (χ1v) is 8.01. The highest BCUT2D eigenvalue weighted by molar-refractivity contribution is 9.10. The van der Waals surface area contributed by atoms with Gasteiger partial charge in [0.15, 0.2) is 0 Å².